The van der Waals surface area contributed by atoms with Crippen LogP contribution in [-0.2, 0) is 15.1 Å². The van der Waals surface area contributed by atoms with E-state index in [-0.39, 0.29) is 18.6 Å². The van der Waals surface area contributed by atoms with Crippen molar-refractivity contribution in [3.05, 3.63) is 95.6 Å². The zero-order chi connectivity index (χ0) is 29.7. The second-order valence-electron chi connectivity index (χ2n) is 10.0. The summed E-state index contributed by atoms with van der Waals surface area (Å²) in [4.78, 5) is 14.9. The Morgan fingerprint density at radius 3 is 1.90 bits per heavy atom. The molecule has 2 atom stereocenters. The molecule has 1 heterocycles. The van der Waals surface area contributed by atoms with Crippen molar-refractivity contribution >= 4 is 5.91 Å². The molecule has 1 aliphatic heterocycles. The summed E-state index contributed by atoms with van der Waals surface area (Å²) in [6.45, 7) is 5.22. The molecular weight excluding hydrogens is 516 g/mol. The smallest absolute Gasteiger partial charge is 0.222 e. The number of ether oxygens (including phenoxy) is 3. The van der Waals surface area contributed by atoms with Crippen LogP contribution in [0.2, 0.25) is 0 Å². The lowest BCUT2D eigenvalue weighted by atomic mass is 9.80. The van der Waals surface area contributed by atoms with E-state index in [2.05, 4.69) is 12.1 Å². The van der Waals surface area contributed by atoms with Crippen molar-refractivity contribution in [3.8, 4) is 11.5 Å². The number of likely N-dealkylation sites (tertiary alicyclic amines) is 1. The van der Waals surface area contributed by atoms with Crippen LogP contribution in [0.25, 0.3) is 0 Å². The Kier molecular flexibility index (Phi) is 12.7. The number of methoxy groups -OCH3 is 2. The third-order valence-corrected chi connectivity index (χ3v) is 7.47. The van der Waals surface area contributed by atoms with Gasteiger partial charge in [0.1, 0.15) is 17.1 Å². The van der Waals surface area contributed by atoms with E-state index in [0.717, 1.165) is 47.5 Å². The molecule has 7 nitrogen and oxygen atoms in total. The fourth-order valence-electron chi connectivity index (χ4n) is 5.39. The molecule has 41 heavy (non-hydrogen) atoms. The molecule has 222 valence electrons. The third kappa shape index (κ3) is 7.88. The summed E-state index contributed by atoms with van der Waals surface area (Å²) in [7, 11) is 3.29. The highest BCUT2D eigenvalue weighted by atomic mass is 16.5. The summed E-state index contributed by atoms with van der Waals surface area (Å²) in [5.74, 6) is 1.55. The minimum Gasteiger partial charge on any atom is -0.497 e. The maximum Gasteiger partial charge on any atom is 0.222 e. The molecular formula is C34H46N2O5. The van der Waals surface area contributed by atoms with Gasteiger partial charge in [-0.3, -0.25) is 4.79 Å². The first-order chi connectivity index (χ1) is 20.0. The molecule has 4 rings (SSSR count). The third-order valence-electron chi connectivity index (χ3n) is 7.47. The summed E-state index contributed by atoms with van der Waals surface area (Å²) in [6, 6.07) is 25.6. The monoisotopic (exact) mass is 562 g/mol. The summed E-state index contributed by atoms with van der Waals surface area (Å²) in [6.07, 6.45) is 2.98. The Balaban J connectivity index is 0.00000226. The second kappa shape index (κ2) is 16.2. The number of rotatable bonds is 13. The number of carbonyl (C=O) groups is 1. The van der Waals surface area contributed by atoms with Crippen LogP contribution in [0.1, 0.15) is 62.6 Å². The van der Waals surface area contributed by atoms with Gasteiger partial charge in [-0.25, -0.2) is 0 Å². The van der Waals surface area contributed by atoms with Crippen molar-refractivity contribution < 1.29 is 24.1 Å². The largest absolute Gasteiger partial charge is 0.497 e. The number of amides is 1. The lowest BCUT2D eigenvalue weighted by molar-refractivity contribution is -0.134. The number of carbonyl (C=O) groups excluding carboxylic acids is 1. The molecule has 0 radical (unpaired) electrons. The van der Waals surface area contributed by atoms with E-state index in [4.69, 9.17) is 19.9 Å². The Hall–Kier alpha value is -3.39. The van der Waals surface area contributed by atoms with Crippen molar-refractivity contribution in [2.24, 2.45) is 5.73 Å². The van der Waals surface area contributed by atoms with Gasteiger partial charge in [0.15, 0.2) is 0 Å². The van der Waals surface area contributed by atoms with Gasteiger partial charge in [-0.15, -0.1) is 0 Å². The minimum atomic E-state index is -0.969. The fraction of sp³-hybridized carbons (Fsp3) is 0.441. The van der Waals surface area contributed by atoms with Gasteiger partial charge >= 0.3 is 0 Å². The first-order valence-corrected chi connectivity index (χ1v) is 14.7. The molecule has 3 aromatic carbocycles. The molecule has 7 heteroatoms. The summed E-state index contributed by atoms with van der Waals surface area (Å²) < 4.78 is 17.8. The molecule has 1 amide bonds. The fourth-order valence-corrected chi connectivity index (χ4v) is 5.39. The molecule has 1 saturated heterocycles. The Morgan fingerprint density at radius 2 is 1.39 bits per heavy atom. The zero-order valence-corrected chi connectivity index (χ0v) is 24.9. The minimum absolute atomic E-state index is 0.0522. The lowest BCUT2D eigenvalue weighted by Crippen LogP contribution is -2.42. The molecule has 0 spiro atoms. The van der Waals surface area contributed by atoms with E-state index in [1.807, 2.05) is 80.6 Å². The number of nitrogens with zero attached hydrogens (tertiary/aromatic N) is 1. The number of hydrogen-bond donors (Lipinski definition) is 2. The van der Waals surface area contributed by atoms with Crippen LogP contribution in [-0.4, -0.2) is 62.0 Å². The summed E-state index contributed by atoms with van der Waals surface area (Å²) in [5, 5.41) is 10.5. The summed E-state index contributed by atoms with van der Waals surface area (Å²) >= 11 is 0. The molecule has 0 unspecified atom stereocenters. The Morgan fingerprint density at radius 1 is 0.854 bits per heavy atom. The van der Waals surface area contributed by atoms with Crippen molar-refractivity contribution in [2.75, 3.05) is 33.9 Å². The van der Waals surface area contributed by atoms with Gasteiger partial charge in [0, 0.05) is 13.0 Å². The van der Waals surface area contributed by atoms with Gasteiger partial charge in [-0.2, -0.15) is 0 Å². The number of hydrogen-bond acceptors (Lipinski definition) is 6. The van der Waals surface area contributed by atoms with Crippen LogP contribution in [0.4, 0.5) is 0 Å². The number of β-amino-alcohol motifs (C(OH)–C–C–N with tert-alkyl or cyclic N) is 1. The van der Waals surface area contributed by atoms with Gasteiger partial charge in [-0.05, 0) is 66.8 Å². The molecule has 0 aliphatic carbocycles. The SMILES string of the molecule is CC.COc1ccc(C(OC[C@@H]2C[C@@H](O)CN2C(=O)CCCCCN)(c2ccccc2)c2ccc(OC)cc2)cc1. The Labute approximate surface area is 245 Å². The predicted molar refractivity (Wildman–Crippen MR) is 163 cm³/mol. The quantitative estimate of drug-likeness (QED) is 0.211. The van der Waals surface area contributed by atoms with Gasteiger partial charge < -0.3 is 30.0 Å². The van der Waals surface area contributed by atoms with Gasteiger partial charge in [0.05, 0.1) is 33.0 Å². The van der Waals surface area contributed by atoms with Gasteiger partial charge in [0.2, 0.25) is 5.91 Å². The molecule has 1 aliphatic rings. The first kappa shape index (κ1) is 32.1. The maximum absolute atomic E-state index is 13.1. The highest BCUT2D eigenvalue weighted by Gasteiger charge is 2.41. The van der Waals surface area contributed by atoms with Crippen molar-refractivity contribution in [3.63, 3.8) is 0 Å². The number of nitrogens with two attached hydrogens (primary N) is 1. The van der Waals surface area contributed by atoms with Crippen LogP contribution in [0.5, 0.6) is 11.5 Å². The first-order valence-electron chi connectivity index (χ1n) is 14.7. The number of benzene rings is 3. The molecule has 3 aromatic rings. The van der Waals surface area contributed by atoms with E-state index in [0.29, 0.717) is 25.9 Å². The van der Waals surface area contributed by atoms with Crippen molar-refractivity contribution in [1.82, 2.24) is 4.90 Å². The lowest BCUT2D eigenvalue weighted by Gasteiger charge is -2.38. The number of aliphatic hydroxyl groups excluding tert-OH is 1. The van der Waals surface area contributed by atoms with E-state index in [1.54, 1.807) is 19.1 Å². The topological polar surface area (TPSA) is 94.2 Å². The van der Waals surface area contributed by atoms with Crippen LogP contribution in [0, 0.1) is 0 Å². The predicted octanol–water partition coefficient (Wildman–Crippen LogP) is 5.52. The Bertz CT molecular complexity index is 1120. The molecule has 0 bridgehead atoms. The van der Waals surface area contributed by atoms with Crippen LogP contribution in [0.15, 0.2) is 78.9 Å². The van der Waals surface area contributed by atoms with E-state index < -0.39 is 11.7 Å². The average Bonchev–Trinajstić information content (AvgIpc) is 3.42. The molecule has 0 saturated carbocycles. The number of aliphatic hydroxyl groups is 1. The van der Waals surface area contributed by atoms with Gasteiger partial charge in [0.25, 0.3) is 0 Å². The normalized spacial score (nSPS) is 16.6. The zero-order valence-electron chi connectivity index (χ0n) is 24.9. The van der Waals surface area contributed by atoms with E-state index in [9.17, 15) is 9.90 Å². The maximum atomic E-state index is 13.1. The van der Waals surface area contributed by atoms with E-state index in [1.165, 1.54) is 0 Å². The highest BCUT2D eigenvalue weighted by molar-refractivity contribution is 5.77. The molecule has 0 aromatic heterocycles. The van der Waals surface area contributed by atoms with Crippen LogP contribution in [0.3, 0.4) is 0 Å². The molecule has 1 fully saturated rings. The second-order valence-corrected chi connectivity index (χ2v) is 10.0. The average molecular weight is 563 g/mol. The standard InChI is InChI=1S/C32H40N2O5.C2H6/c1-37-29-16-12-25(13-17-29)32(24-9-5-3-6-10-24,26-14-18-30(38-2)19-15-26)39-23-27-21-28(35)22-34(27)31(36)11-7-4-8-20-33;1-2/h3,5-6,9-10,12-19,27-28,35H,4,7-8,11,20-23,33H2,1-2H3;1-2H3/t27-,28+;/m0./s1. The van der Waals surface area contributed by atoms with E-state index >= 15 is 0 Å². The summed E-state index contributed by atoms with van der Waals surface area (Å²) in [5.41, 5.74) is 7.45. The van der Waals surface area contributed by atoms with Crippen molar-refractivity contribution in [1.29, 1.82) is 0 Å². The van der Waals surface area contributed by atoms with Gasteiger partial charge in [-0.1, -0.05) is 74.9 Å². The highest BCUT2D eigenvalue weighted by Crippen LogP contribution is 2.42. The van der Waals surface area contributed by atoms with Crippen LogP contribution < -0.4 is 15.2 Å². The molecule has 3 N–H and O–H groups in total. The number of unbranched alkanes of at least 4 members (excludes halogenated alkanes) is 2. The van der Waals surface area contributed by atoms with Crippen LogP contribution >= 0.6 is 0 Å². The van der Waals surface area contributed by atoms with Crippen molar-refractivity contribution in [2.45, 2.75) is 63.7 Å².